The topological polar surface area (TPSA) is 42.1 Å². The number of aromatic nitrogens is 1. The fourth-order valence-electron chi connectivity index (χ4n) is 1.93. The van der Waals surface area contributed by atoms with Crippen LogP contribution in [0.15, 0.2) is 42.6 Å². The molecule has 0 saturated heterocycles. The summed E-state index contributed by atoms with van der Waals surface area (Å²) in [6, 6.07) is 11.5. The second kappa shape index (κ2) is 4.12. The van der Waals surface area contributed by atoms with Crippen molar-refractivity contribution in [1.82, 2.24) is 4.98 Å². The number of hydrogen-bond acceptors (Lipinski definition) is 4. The lowest BCUT2D eigenvalue weighted by molar-refractivity contribution is 1.27. The second-order valence-corrected chi connectivity index (χ2v) is 4.71. The van der Waals surface area contributed by atoms with Crippen molar-refractivity contribution in [3.8, 4) is 0 Å². The van der Waals surface area contributed by atoms with Gasteiger partial charge in [-0.3, -0.25) is 4.90 Å². The summed E-state index contributed by atoms with van der Waals surface area (Å²) in [6.45, 7) is 0. The normalized spacial score (nSPS) is 13.9. The monoisotopic (exact) mass is 271 g/mol. The number of anilines is 2. The number of fused-ring (bicyclic) bond motifs is 1. The molecule has 1 aliphatic rings. The molecule has 88 valence electrons. The van der Waals surface area contributed by atoms with E-state index in [9.17, 15) is 0 Å². The van der Waals surface area contributed by atoms with Gasteiger partial charge in [0.1, 0.15) is 15.8 Å². The molecule has 18 heavy (non-hydrogen) atoms. The van der Waals surface area contributed by atoms with Crippen molar-refractivity contribution in [2.75, 3.05) is 10.6 Å². The van der Waals surface area contributed by atoms with Gasteiger partial charge in [0.05, 0.1) is 11.9 Å². The standard InChI is InChI=1S/C13H9N3S2/c14-8-5-6-11(15-7-8)16-12(17)9-3-1-2-4-10(9)13(16)18/h1-7H,14H2. The van der Waals surface area contributed by atoms with Gasteiger partial charge in [0.15, 0.2) is 0 Å². The summed E-state index contributed by atoms with van der Waals surface area (Å²) >= 11 is 10.9. The number of benzene rings is 1. The zero-order valence-electron chi connectivity index (χ0n) is 9.33. The van der Waals surface area contributed by atoms with E-state index in [1.165, 1.54) is 0 Å². The number of rotatable bonds is 1. The summed E-state index contributed by atoms with van der Waals surface area (Å²) < 4.78 is 0. The SMILES string of the molecule is Nc1ccc(N2C(=S)c3ccccc3C2=S)nc1. The maximum atomic E-state index is 5.63. The third kappa shape index (κ3) is 1.60. The molecule has 0 spiro atoms. The van der Waals surface area contributed by atoms with Crippen molar-refractivity contribution in [3.63, 3.8) is 0 Å². The number of pyridine rings is 1. The van der Waals surface area contributed by atoms with Gasteiger partial charge in [-0.05, 0) is 12.1 Å². The predicted molar refractivity (Wildman–Crippen MR) is 81.0 cm³/mol. The lowest BCUT2D eigenvalue weighted by Gasteiger charge is -2.16. The summed E-state index contributed by atoms with van der Waals surface area (Å²) in [4.78, 5) is 7.45. The highest BCUT2D eigenvalue weighted by Crippen LogP contribution is 2.28. The van der Waals surface area contributed by atoms with Gasteiger partial charge in [-0.1, -0.05) is 48.7 Å². The molecule has 0 atom stereocenters. The summed E-state index contributed by atoms with van der Waals surface area (Å²) in [6.07, 6.45) is 1.60. The maximum absolute atomic E-state index is 5.63. The van der Waals surface area contributed by atoms with E-state index in [4.69, 9.17) is 30.2 Å². The molecule has 2 N–H and O–H groups in total. The van der Waals surface area contributed by atoms with E-state index < -0.39 is 0 Å². The van der Waals surface area contributed by atoms with Crippen LogP contribution >= 0.6 is 24.4 Å². The first-order chi connectivity index (χ1) is 8.68. The average Bonchev–Trinajstić information content (AvgIpc) is 2.64. The average molecular weight is 271 g/mol. The van der Waals surface area contributed by atoms with Crippen molar-refractivity contribution in [1.29, 1.82) is 0 Å². The van der Waals surface area contributed by atoms with Crippen LogP contribution in [0.4, 0.5) is 11.5 Å². The van der Waals surface area contributed by atoms with Crippen molar-refractivity contribution in [2.45, 2.75) is 0 Å². The van der Waals surface area contributed by atoms with Crippen LogP contribution in [-0.4, -0.2) is 15.0 Å². The first-order valence-electron chi connectivity index (χ1n) is 5.38. The molecule has 0 fully saturated rings. The number of nitrogens with two attached hydrogens (primary N) is 1. The van der Waals surface area contributed by atoms with Gasteiger partial charge >= 0.3 is 0 Å². The van der Waals surface area contributed by atoms with Crippen molar-refractivity contribution in [3.05, 3.63) is 53.7 Å². The summed E-state index contributed by atoms with van der Waals surface area (Å²) in [5.74, 6) is 0.704. The molecule has 0 amide bonds. The number of thiocarbonyl (C=S) groups is 2. The van der Waals surface area contributed by atoms with E-state index in [1.54, 1.807) is 17.2 Å². The third-order valence-corrected chi connectivity index (χ3v) is 3.60. The Labute approximate surface area is 115 Å². The van der Waals surface area contributed by atoms with Crippen molar-refractivity contribution < 1.29 is 0 Å². The largest absolute Gasteiger partial charge is 0.397 e. The minimum absolute atomic E-state index is 0.618. The number of nitrogen functional groups attached to an aromatic ring is 1. The van der Waals surface area contributed by atoms with E-state index in [2.05, 4.69) is 4.98 Å². The fraction of sp³-hybridized carbons (Fsp3) is 0. The van der Waals surface area contributed by atoms with E-state index >= 15 is 0 Å². The second-order valence-electron chi connectivity index (χ2n) is 3.94. The van der Waals surface area contributed by atoms with Crippen LogP contribution in [-0.2, 0) is 0 Å². The molecule has 1 aromatic heterocycles. The van der Waals surface area contributed by atoms with Crippen LogP contribution in [0.5, 0.6) is 0 Å². The Balaban J connectivity index is 2.09. The summed E-state index contributed by atoms with van der Waals surface area (Å²) in [7, 11) is 0. The highest BCUT2D eigenvalue weighted by atomic mass is 32.1. The Bertz CT molecular complexity index is 615. The smallest absolute Gasteiger partial charge is 0.139 e. The predicted octanol–water partition coefficient (Wildman–Crippen LogP) is 2.54. The molecule has 1 aromatic carbocycles. The molecule has 3 nitrogen and oxygen atoms in total. The van der Waals surface area contributed by atoms with Gasteiger partial charge < -0.3 is 5.73 Å². The minimum Gasteiger partial charge on any atom is -0.397 e. The molecule has 0 aliphatic carbocycles. The molecule has 5 heteroatoms. The lowest BCUT2D eigenvalue weighted by Crippen LogP contribution is -2.28. The Morgan fingerprint density at radius 3 is 2.06 bits per heavy atom. The van der Waals surface area contributed by atoms with Crippen molar-refractivity contribution >= 4 is 45.9 Å². The van der Waals surface area contributed by atoms with Crippen LogP contribution in [0.3, 0.4) is 0 Å². The molecule has 1 aliphatic heterocycles. The molecule has 2 heterocycles. The van der Waals surface area contributed by atoms with Gasteiger partial charge in [-0.2, -0.15) is 0 Å². The lowest BCUT2D eigenvalue weighted by atomic mass is 10.1. The van der Waals surface area contributed by atoms with E-state index in [-0.39, 0.29) is 0 Å². The Kier molecular flexibility index (Phi) is 2.57. The first kappa shape index (κ1) is 11.3. The Morgan fingerprint density at radius 1 is 0.944 bits per heavy atom. The maximum Gasteiger partial charge on any atom is 0.139 e. The molecule has 0 bridgehead atoms. The molecular formula is C13H9N3S2. The summed E-state index contributed by atoms with van der Waals surface area (Å²) in [5, 5.41) is 0. The van der Waals surface area contributed by atoms with E-state index in [1.807, 2.05) is 30.3 Å². The quantitative estimate of drug-likeness (QED) is 0.807. The van der Waals surface area contributed by atoms with Gasteiger partial charge in [-0.25, -0.2) is 4.98 Å². The number of hydrogen-bond donors (Lipinski definition) is 1. The highest BCUT2D eigenvalue weighted by Gasteiger charge is 2.30. The van der Waals surface area contributed by atoms with Crippen LogP contribution in [0.1, 0.15) is 11.1 Å². The highest BCUT2D eigenvalue weighted by molar-refractivity contribution is 7.83. The van der Waals surface area contributed by atoms with E-state index in [0.717, 1.165) is 11.1 Å². The van der Waals surface area contributed by atoms with Gasteiger partial charge in [0.2, 0.25) is 0 Å². The molecule has 0 unspecified atom stereocenters. The third-order valence-electron chi connectivity index (χ3n) is 2.79. The van der Waals surface area contributed by atoms with Crippen LogP contribution in [0.25, 0.3) is 0 Å². The molecule has 0 radical (unpaired) electrons. The van der Waals surface area contributed by atoms with Gasteiger partial charge in [0.25, 0.3) is 0 Å². The first-order valence-corrected chi connectivity index (χ1v) is 6.19. The molecule has 0 saturated carbocycles. The zero-order chi connectivity index (χ0) is 12.7. The zero-order valence-corrected chi connectivity index (χ0v) is 11.0. The molecule has 2 aromatic rings. The summed E-state index contributed by atoms with van der Waals surface area (Å²) in [5.41, 5.74) is 8.22. The van der Waals surface area contributed by atoms with E-state index in [0.29, 0.717) is 21.5 Å². The van der Waals surface area contributed by atoms with Crippen LogP contribution < -0.4 is 10.6 Å². The number of nitrogens with zero attached hydrogens (tertiary/aromatic N) is 2. The van der Waals surface area contributed by atoms with Gasteiger partial charge in [0, 0.05) is 11.1 Å². The fourth-order valence-corrected chi connectivity index (χ4v) is 2.71. The Hall–Kier alpha value is -1.85. The Morgan fingerprint density at radius 2 is 1.56 bits per heavy atom. The molecule has 3 rings (SSSR count). The van der Waals surface area contributed by atoms with Crippen LogP contribution in [0, 0.1) is 0 Å². The van der Waals surface area contributed by atoms with Crippen molar-refractivity contribution in [2.24, 2.45) is 0 Å². The molecular weight excluding hydrogens is 262 g/mol. The minimum atomic E-state index is 0.618. The van der Waals surface area contributed by atoms with Gasteiger partial charge in [-0.15, -0.1) is 0 Å². The van der Waals surface area contributed by atoms with Crippen LogP contribution in [0.2, 0.25) is 0 Å².